The first-order valence-corrected chi connectivity index (χ1v) is 15.9. The maximum absolute atomic E-state index is 16.1. The Morgan fingerprint density at radius 1 is 1.14 bits per heavy atom. The molecule has 1 aromatic carbocycles. The number of hydrogen-bond acceptors (Lipinski definition) is 7. The average molecular weight is 587 g/mol. The number of carbonyl (C=O) groups excluding carboxylic acids is 1. The van der Waals surface area contributed by atoms with Crippen LogP contribution in [0.15, 0.2) is 57.5 Å². The third kappa shape index (κ3) is 3.87. The van der Waals surface area contributed by atoms with E-state index >= 15 is 4.39 Å². The maximum atomic E-state index is 16.1. The van der Waals surface area contributed by atoms with Gasteiger partial charge in [-0.1, -0.05) is 24.8 Å². The van der Waals surface area contributed by atoms with E-state index in [0.717, 1.165) is 37.9 Å². The Hall–Kier alpha value is -3.40. The monoisotopic (exact) mass is 586 g/mol. The van der Waals surface area contributed by atoms with Gasteiger partial charge < -0.3 is 14.5 Å². The third-order valence-corrected chi connectivity index (χ3v) is 11.5. The number of rotatable bonds is 4. The summed E-state index contributed by atoms with van der Waals surface area (Å²) in [5, 5.41) is 0. The summed E-state index contributed by atoms with van der Waals surface area (Å²) in [7, 11) is 0. The molecule has 6 atom stereocenters. The fourth-order valence-corrected chi connectivity index (χ4v) is 9.25. The summed E-state index contributed by atoms with van der Waals surface area (Å²) in [4.78, 5) is 33.4. The van der Waals surface area contributed by atoms with Gasteiger partial charge in [0.05, 0.1) is 23.5 Å². The molecule has 2 aliphatic carbocycles. The number of halogens is 2. The summed E-state index contributed by atoms with van der Waals surface area (Å²) in [6, 6.07) is 6.34. The second-order valence-electron chi connectivity index (χ2n) is 13.7. The lowest BCUT2D eigenvalue weighted by Gasteiger charge is -2.50. The number of nitrogens with zero attached hydrogens (tertiary/aromatic N) is 6. The minimum absolute atomic E-state index is 0.0215. The highest BCUT2D eigenvalue weighted by Crippen LogP contribution is 2.57. The van der Waals surface area contributed by atoms with Crippen molar-refractivity contribution in [1.29, 1.82) is 0 Å². The molecule has 43 heavy (non-hydrogen) atoms. The Morgan fingerprint density at radius 2 is 1.98 bits per heavy atom. The van der Waals surface area contributed by atoms with Crippen molar-refractivity contribution in [2.75, 3.05) is 32.8 Å². The molecular formula is C33H36F2N6O2. The van der Waals surface area contributed by atoms with Crippen LogP contribution in [0.2, 0.25) is 0 Å². The van der Waals surface area contributed by atoms with Crippen LogP contribution in [0.4, 0.5) is 8.78 Å². The number of ether oxygens (including phenoxy) is 1. The number of hydrogen-bond donors (Lipinski definition) is 0. The summed E-state index contributed by atoms with van der Waals surface area (Å²) in [5.74, 6) is -0.532. The first kappa shape index (κ1) is 26.0. The largest absolute Gasteiger partial charge is 0.462 e. The predicted octanol–water partition coefficient (Wildman–Crippen LogP) is 4.13. The summed E-state index contributed by atoms with van der Waals surface area (Å²) >= 11 is 0. The average Bonchev–Trinajstić information content (AvgIpc) is 3.28. The number of fused-ring (bicyclic) bond motifs is 6. The zero-order valence-electron chi connectivity index (χ0n) is 24.2. The highest BCUT2D eigenvalue weighted by Gasteiger charge is 2.53. The van der Waals surface area contributed by atoms with E-state index < -0.39 is 23.8 Å². The van der Waals surface area contributed by atoms with Crippen LogP contribution in [0, 0.1) is 11.8 Å². The van der Waals surface area contributed by atoms with Gasteiger partial charge in [-0.25, -0.2) is 13.8 Å². The minimum atomic E-state index is -0.937. The van der Waals surface area contributed by atoms with Crippen molar-refractivity contribution in [2.24, 2.45) is 26.8 Å². The second-order valence-corrected chi connectivity index (χ2v) is 13.7. The molecule has 9 rings (SSSR count). The van der Waals surface area contributed by atoms with E-state index in [0.29, 0.717) is 55.5 Å². The topological polar surface area (TPSA) is 73.1 Å². The zero-order chi connectivity index (χ0) is 29.0. The van der Waals surface area contributed by atoms with Crippen LogP contribution >= 0.6 is 0 Å². The number of allylic oxidation sites excluding steroid dienone is 1. The van der Waals surface area contributed by atoms with Crippen LogP contribution < -0.4 is 0 Å². The molecule has 8 aliphatic rings. The first-order chi connectivity index (χ1) is 20.9. The molecule has 0 bridgehead atoms. The van der Waals surface area contributed by atoms with Gasteiger partial charge in [-0.05, 0) is 87.1 Å². The lowest BCUT2D eigenvalue weighted by atomic mass is 9.89. The van der Waals surface area contributed by atoms with Crippen molar-refractivity contribution in [3.63, 3.8) is 0 Å². The Labute approximate surface area is 249 Å². The molecule has 224 valence electrons. The molecule has 4 saturated heterocycles. The summed E-state index contributed by atoms with van der Waals surface area (Å²) in [6.45, 7) is 6.90. The molecule has 1 amide bonds. The van der Waals surface area contributed by atoms with E-state index in [4.69, 9.17) is 19.7 Å². The van der Waals surface area contributed by atoms with E-state index in [1.807, 2.05) is 12.1 Å². The molecule has 6 aliphatic heterocycles. The van der Waals surface area contributed by atoms with Gasteiger partial charge in [-0.3, -0.25) is 14.7 Å². The molecular weight excluding hydrogens is 550 g/mol. The predicted molar refractivity (Wildman–Crippen MR) is 158 cm³/mol. The number of benzene rings is 1. The van der Waals surface area contributed by atoms with E-state index in [-0.39, 0.29) is 23.4 Å². The molecule has 10 heteroatoms. The number of amidine groups is 2. The van der Waals surface area contributed by atoms with E-state index in [9.17, 15) is 9.18 Å². The number of dihydropyridines is 1. The van der Waals surface area contributed by atoms with Crippen LogP contribution in [-0.4, -0.2) is 94.8 Å². The molecule has 1 saturated carbocycles. The van der Waals surface area contributed by atoms with E-state index in [1.54, 1.807) is 11.0 Å². The van der Waals surface area contributed by atoms with Gasteiger partial charge in [-0.2, -0.15) is 4.99 Å². The maximum Gasteiger partial charge on any atom is 0.315 e. The van der Waals surface area contributed by atoms with Crippen LogP contribution in [0.25, 0.3) is 0 Å². The van der Waals surface area contributed by atoms with Crippen molar-refractivity contribution >= 4 is 23.5 Å². The zero-order valence-corrected chi connectivity index (χ0v) is 24.2. The second kappa shape index (κ2) is 9.30. The molecule has 0 N–H and O–H groups in total. The van der Waals surface area contributed by atoms with Gasteiger partial charge in [0.2, 0.25) is 0 Å². The smallest absolute Gasteiger partial charge is 0.315 e. The fourth-order valence-electron chi connectivity index (χ4n) is 9.25. The van der Waals surface area contributed by atoms with Crippen LogP contribution in [0.1, 0.15) is 61.1 Å². The van der Waals surface area contributed by atoms with Crippen molar-refractivity contribution in [3.05, 3.63) is 59.2 Å². The molecule has 6 heterocycles. The Morgan fingerprint density at radius 3 is 2.79 bits per heavy atom. The van der Waals surface area contributed by atoms with Crippen molar-refractivity contribution in [3.8, 4) is 0 Å². The molecule has 0 radical (unpaired) electrons. The standard InChI is InChI=1S/C33H36F2N6O2/c1-18(34)31(42)40-12-7-25-26(40)16-41(25)30-23-15-24(35)28(21-6-2-5-19-13-20-14-22(20)27(19)21)36-29(23)37-32(38-30)43-17-33-8-3-10-39(33)11-4-9-33/h2,5-6,15,20,22-23,25-26,29H,1,3-4,7-14,16-17H2/t20?,22?,23?,25-,26-,29?/m1/s1. The van der Waals surface area contributed by atoms with Crippen LogP contribution in [0.3, 0.4) is 0 Å². The van der Waals surface area contributed by atoms with Gasteiger partial charge in [0, 0.05) is 18.7 Å². The van der Waals surface area contributed by atoms with Crippen molar-refractivity contribution in [1.82, 2.24) is 14.7 Å². The molecule has 0 aromatic heterocycles. The van der Waals surface area contributed by atoms with E-state index in [2.05, 4.69) is 22.4 Å². The Bertz CT molecular complexity index is 1560. The Balaban J connectivity index is 1.04. The number of aliphatic imine (C=N–C) groups is 3. The van der Waals surface area contributed by atoms with Gasteiger partial charge in [-0.15, -0.1) is 0 Å². The summed E-state index contributed by atoms with van der Waals surface area (Å²) < 4.78 is 36.2. The molecule has 1 aromatic rings. The SMILES string of the molecule is C=C(F)C(=O)N1CC[C@@H]2[C@H]1CN2C1=NC(OCC23CCCN2CCC3)=NC2N=C(c3cccc4c3C3CC3C4)C(F)=CC12. The third-order valence-electron chi connectivity index (χ3n) is 11.5. The van der Waals surface area contributed by atoms with Gasteiger partial charge in [0.25, 0.3) is 5.91 Å². The number of likely N-dealkylation sites (tertiary alicyclic amines) is 2. The van der Waals surface area contributed by atoms with Gasteiger partial charge in [0.1, 0.15) is 24.0 Å². The quantitative estimate of drug-likeness (QED) is 0.498. The number of carbonyl (C=O) groups is 1. The normalized spacial score (nSPS) is 34.6. The lowest BCUT2D eigenvalue weighted by molar-refractivity contribution is -0.131. The highest BCUT2D eigenvalue weighted by molar-refractivity contribution is 6.14. The molecule has 4 unspecified atom stereocenters. The fraction of sp³-hybridized carbons (Fsp3) is 0.576. The molecule has 0 spiro atoms. The van der Waals surface area contributed by atoms with Crippen LogP contribution in [-0.2, 0) is 16.0 Å². The molecule has 5 fully saturated rings. The summed E-state index contributed by atoms with van der Waals surface area (Å²) in [6.07, 6.45) is 8.54. The minimum Gasteiger partial charge on any atom is -0.462 e. The van der Waals surface area contributed by atoms with Crippen LogP contribution in [0.5, 0.6) is 0 Å². The lowest BCUT2D eigenvalue weighted by Crippen LogP contribution is -2.66. The molecule has 8 nitrogen and oxygen atoms in total. The summed E-state index contributed by atoms with van der Waals surface area (Å²) in [5.41, 5.74) is 3.89. The van der Waals surface area contributed by atoms with Gasteiger partial charge in [0.15, 0.2) is 12.0 Å². The Kier molecular flexibility index (Phi) is 5.63. The highest BCUT2D eigenvalue weighted by atomic mass is 19.1. The van der Waals surface area contributed by atoms with E-state index in [1.165, 1.54) is 30.4 Å². The van der Waals surface area contributed by atoms with Crippen molar-refractivity contribution < 1.29 is 18.3 Å². The first-order valence-electron chi connectivity index (χ1n) is 15.9. The van der Waals surface area contributed by atoms with Crippen molar-refractivity contribution in [2.45, 2.75) is 74.7 Å². The number of amides is 1. The van der Waals surface area contributed by atoms with Gasteiger partial charge >= 0.3 is 6.02 Å².